The summed E-state index contributed by atoms with van der Waals surface area (Å²) in [5.74, 6) is 0.728. The van der Waals surface area contributed by atoms with Gasteiger partial charge < -0.3 is 10.1 Å². The van der Waals surface area contributed by atoms with E-state index in [1.54, 1.807) is 18.3 Å². The van der Waals surface area contributed by atoms with Crippen molar-refractivity contribution in [1.29, 1.82) is 0 Å². The third kappa shape index (κ3) is 4.76. The summed E-state index contributed by atoms with van der Waals surface area (Å²) in [4.78, 5) is 4.29. The van der Waals surface area contributed by atoms with Crippen LogP contribution in [0.2, 0.25) is 0 Å². The summed E-state index contributed by atoms with van der Waals surface area (Å²) in [7, 11) is 0. The molecule has 0 fully saturated rings. The quantitative estimate of drug-likeness (QED) is 0.668. The molecule has 0 aliphatic heterocycles. The van der Waals surface area contributed by atoms with Gasteiger partial charge in [-0.25, -0.2) is 9.37 Å². The fourth-order valence-electron chi connectivity index (χ4n) is 1.74. The monoisotopic (exact) mass is 416 g/mol. The molecule has 0 aliphatic carbocycles. The molecule has 0 saturated carbocycles. The third-order valence-corrected chi connectivity index (χ3v) is 3.78. The Balaban J connectivity index is 2.19. The molecule has 2 aromatic rings. The van der Waals surface area contributed by atoms with Gasteiger partial charge in [-0.15, -0.1) is 0 Å². The Morgan fingerprint density at radius 1 is 1.29 bits per heavy atom. The van der Waals surface area contributed by atoms with Crippen molar-refractivity contribution in [1.82, 2.24) is 10.3 Å². The zero-order valence-corrected chi connectivity index (χ0v) is 14.7. The van der Waals surface area contributed by atoms with Crippen molar-refractivity contribution in [2.45, 2.75) is 19.9 Å². The molecule has 2 rings (SSSR count). The lowest BCUT2D eigenvalue weighted by atomic mass is 10.2. The first-order chi connectivity index (χ1) is 10.1. The van der Waals surface area contributed by atoms with Crippen molar-refractivity contribution in [3.8, 4) is 11.6 Å². The largest absolute Gasteiger partial charge is 0.439 e. The highest BCUT2D eigenvalue weighted by molar-refractivity contribution is 9.10. The van der Waals surface area contributed by atoms with Crippen LogP contribution in [0.3, 0.4) is 0 Å². The van der Waals surface area contributed by atoms with Gasteiger partial charge >= 0.3 is 0 Å². The molecule has 0 atom stereocenters. The highest BCUT2D eigenvalue weighted by Gasteiger charge is 2.09. The van der Waals surface area contributed by atoms with Gasteiger partial charge in [0.05, 0.1) is 4.47 Å². The number of hydrogen-bond acceptors (Lipinski definition) is 3. The predicted molar refractivity (Wildman–Crippen MR) is 88.1 cm³/mol. The standard InChI is InChI=1S/C15H15Br2FN2O/c1-2-5-19-8-10-6-11(16)9-20-15(10)21-12-3-4-14(18)13(17)7-12/h3-4,6-7,9,19H,2,5,8H2,1H3. The maximum absolute atomic E-state index is 13.2. The van der Waals surface area contributed by atoms with E-state index in [4.69, 9.17) is 4.74 Å². The van der Waals surface area contributed by atoms with E-state index in [1.165, 1.54) is 6.07 Å². The first kappa shape index (κ1) is 16.4. The minimum Gasteiger partial charge on any atom is -0.439 e. The van der Waals surface area contributed by atoms with Gasteiger partial charge in [-0.1, -0.05) is 6.92 Å². The van der Waals surface area contributed by atoms with Crippen molar-refractivity contribution in [3.05, 3.63) is 50.8 Å². The Hall–Kier alpha value is -0.980. The number of nitrogens with zero attached hydrogens (tertiary/aromatic N) is 1. The summed E-state index contributed by atoms with van der Waals surface area (Å²) in [6.07, 6.45) is 2.74. The van der Waals surface area contributed by atoms with Crippen molar-refractivity contribution >= 4 is 31.9 Å². The second-order valence-electron chi connectivity index (χ2n) is 4.47. The number of pyridine rings is 1. The first-order valence-corrected chi connectivity index (χ1v) is 8.16. The topological polar surface area (TPSA) is 34.2 Å². The number of hydrogen-bond donors (Lipinski definition) is 1. The SMILES string of the molecule is CCCNCc1cc(Br)cnc1Oc1ccc(F)c(Br)c1. The molecule has 0 aliphatic rings. The van der Waals surface area contributed by atoms with Crippen molar-refractivity contribution in [3.63, 3.8) is 0 Å². The lowest BCUT2D eigenvalue weighted by Gasteiger charge is -2.11. The summed E-state index contributed by atoms with van der Waals surface area (Å²) in [6.45, 7) is 3.70. The predicted octanol–water partition coefficient (Wildman–Crippen LogP) is 5.04. The molecule has 0 saturated heterocycles. The van der Waals surface area contributed by atoms with Gasteiger partial charge in [0.1, 0.15) is 11.6 Å². The highest BCUT2D eigenvalue weighted by Crippen LogP contribution is 2.28. The first-order valence-electron chi connectivity index (χ1n) is 6.58. The van der Waals surface area contributed by atoms with Gasteiger partial charge in [-0.2, -0.15) is 0 Å². The number of halogens is 3. The number of ether oxygens (including phenoxy) is 1. The van der Waals surface area contributed by atoms with Gasteiger partial charge in [-0.3, -0.25) is 0 Å². The Kier molecular flexibility index (Phi) is 6.14. The van der Waals surface area contributed by atoms with E-state index in [9.17, 15) is 4.39 Å². The zero-order valence-electron chi connectivity index (χ0n) is 11.5. The molecule has 6 heteroatoms. The summed E-state index contributed by atoms with van der Waals surface area (Å²) < 4.78 is 20.3. The smallest absolute Gasteiger partial charge is 0.223 e. The highest BCUT2D eigenvalue weighted by atomic mass is 79.9. The van der Waals surface area contributed by atoms with Crippen LogP contribution >= 0.6 is 31.9 Å². The van der Waals surface area contributed by atoms with Gasteiger partial charge in [0.15, 0.2) is 0 Å². The Morgan fingerprint density at radius 3 is 2.81 bits per heavy atom. The van der Waals surface area contributed by atoms with Crippen LogP contribution in [-0.4, -0.2) is 11.5 Å². The van der Waals surface area contributed by atoms with Crippen molar-refractivity contribution in [2.75, 3.05) is 6.54 Å². The Labute approximate surface area is 140 Å². The van der Waals surface area contributed by atoms with Crippen molar-refractivity contribution in [2.24, 2.45) is 0 Å². The summed E-state index contributed by atoms with van der Waals surface area (Å²) in [5.41, 5.74) is 0.943. The van der Waals surface area contributed by atoms with E-state index in [-0.39, 0.29) is 5.82 Å². The van der Waals surface area contributed by atoms with Crippen LogP contribution < -0.4 is 10.1 Å². The number of benzene rings is 1. The third-order valence-electron chi connectivity index (χ3n) is 2.74. The molecule has 3 nitrogen and oxygen atoms in total. The van der Waals surface area contributed by atoms with Crippen LogP contribution in [0.15, 0.2) is 39.4 Å². The van der Waals surface area contributed by atoms with Crippen LogP contribution in [0.5, 0.6) is 11.6 Å². The van der Waals surface area contributed by atoms with Crippen LogP contribution in [0.25, 0.3) is 0 Å². The van der Waals surface area contributed by atoms with Crippen molar-refractivity contribution < 1.29 is 9.13 Å². The Bertz CT molecular complexity index is 623. The molecule has 21 heavy (non-hydrogen) atoms. The maximum atomic E-state index is 13.2. The lowest BCUT2D eigenvalue weighted by molar-refractivity contribution is 0.450. The second kappa shape index (κ2) is 7.87. The van der Waals surface area contributed by atoms with Crippen LogP contribution in [-0.2, 0) is 6.54 Å². The lowest BCUT2D eigenvalue weighted by Crippen LogP contribution is -2.14. The average Bonchev–Trinajstić information content (AvgIpc) is 2.46. The van der Waals surface area contributed by atoms with Crippen LogP contribution in [0.1, 0.15) is 18.9 Å². The van der Waals surface area contributed by atoms with E-state index >= 15 is 0 Å². The zero-order chi connectivity index (χ0) is 15.2. The second-order valence-corrected chi connectivity index (χ2v) is 6.24. The summed E-state index contributed by atoms with van der Waals surface area (Å²) >= 11 is 6.55. The summed E-state index contributed by atoms with van der Waals surface area (Å²) in [6, 6.07) is 6.48. The molecule has 1 aromatic carbocycles. The molecule has 0 spiro atoms. The van der Waals surface area contributed by atoms with E-state index in [1.807, 2.05) is 6.07 Å². The molecule has 1 N–H and O–H groups in total. The van der Waals surface area contributed by atoms with Crippen LogP contribution in [0.4, 0.5) is 4.39 Å². The van der Waals surface area contributed by atoms with Gasteiger partial charge in [0.25, 0.3) is 0 Å². The molecule has 1 heterocycles. The molecular weight excluding hydrogens is 403 g/mol. The maximum Gasteiger partial charge on any atom is 0.223 e. The molecule has 0 amide bonds. The van der Waals surface area contributed by atoms with E-state index in [2.05, 4.69) is 49.1 Å². The normalized spacial score (nSPS) is 10.7. The van der Waals surface area contributed by atoms with Crippen LogP contribution in [0, 0.1) is 5.82 Å². The van der Waals surface area contributed by atoms with E-state index in [0.717, 1.165) is 23.0 Å². The molecule has 1 aromatic heterocycles. The van der Waals surface area contributed by atoms with Gasteiger partial charge in [0.2, 0.25) is 5.88 Å². The Morgan fingerprint density at radius 2 is 2.10 bits per heavy atom. The molecule has 112 valence electrons. The molecule has 0 radical (unpaired) electrons. The van der Waals surface area contributed by atoms with Gasteiger partial charge in [0, 0.05) is 22.8 Å². The summed E-state index contributed by atoms with van der Waals surface area (Å²) in [5, 5.41) is 3.32. The van der Waals surface area contributed by atoms with E-state index in [0.29, 0.717) is 22.6 Å². The van der Waals surface area contributed by atoms with E-state index < -0.39 is 0 Å². The number of nitrogens with one attached hydrogen (secondary N) is 1. The average molecular weight is 418 g/mol. The fraction of sp³-hybridized carbons (Fsp3) is 0.267. The molecule has 0 bridgehead atoms. The number of aromatic nitrogens is 1. The van der Waals surface area contributed by atoms with Gasteiger partial charge in [-0.05, 0) is 69.1 Å². The minimum atomic E-state index is -0.323. The number of rotatable bonds is 6. The minimum absolute atomic E-state index is 0.323. The molecular formula is C15H15Br2FN2O. The molecule has 0 unspecified atom stereocenters. The fourth-order valence-corrected chi connectivity index (χ4v) is 2.48.